The lowest BCUT2D eigenvalue weighted by Crippen LogP contribution is -2.35. The van der Waals surface area contributed by atoms with Crippen molar-refractivity contribution in [2.75, 3.05) is 33.5 Å². The summed E-state index contributed by atoms with van der Waals surface area (Å²) in [6.07, 6.45) is -2.54. The van der Waals surface area contributed by atoms with E-state index in [0.29, 0.717) is 40.7 Å². The standard InChI is InChI=1S/C20H25ClN2O5.C4H6O5/c1-4-28-20(25)18-15(11-27-10-9-22)23-12(2)16(19(24)26-3)17(18)13-7-5-6-8-14(13)21;5-2(4(8)9)1-3(6)7/h5-8,17,23H,4,9-11,22H2,1-3H3;2,5H,1H2,(H,6,7)(H,8,9)/t17-;2-/m00/s1. The molecule has 0 aromatic heterocycles. The highest BCUT2D eigenvalue weighted by Crippen LogP contribution is 2.41. The van der Waals surface area contributed by atoms with Crippen LogP contribution in [0.1, 0.15) is 31.7 Å². The van der Waals surface area contributed by atoms with E-state index in [-0.39, 0.29) is 18.8 Å². The molecule has 1 aliphatic rings. The number of carbonyl (C=O) groups is 4. The maximum Gasteiger partial charge on any atom is 0.336 e. The molecule has 1 aromatic rings. The summed E-state index contributed by atoms with van der Waals surface area (Å²) in [5, 5.41) is 27.7. The number of hydrogen-bond acceptors (Lipinski definition) is 10. The topological polar surface area (TPSA) is 195 Å². The molecule has 1 heterocycles. The number of aliphatic hydroxyl groups excluding tert-OH is 1. The summed E-state index contributed by atoms with van der Waals surface area (Å²) in [5.41, 5.74) is 7.70. The van der Waals surface area contributed by atoms with Crippen LogP contribution in [0.3, 0.4) is 0 Å². The third kappa shape index (κ3) is 9.17. The highest BCUT2D eigenvalue weighted by molar-refractivity contribution is 6.31. The van der Waals surface area contributed by atoms with Gasteiger partial charge in [0.1, 0.15) is 0 Å². The molecule has 37 heavy (non-hydrogen) atoms. The fourth-order valence-corrected chi connectivity index (χ4v) is 3.62. The van der Waals surface area contributed by atoms with Crippen LogP contribution in [0, 0.1) is 0 Å². The van der Waals surface area contributed by atoms with Gasteiger partial charge in [0, 0.05) is 17.3 Å². The van der Waals surface area contributed by atoms with Gasteiger partial charge >= 0.3 is 23.9 Å². The Morgan fingerprint density at radius 2 is 1.78 bits per heavy atom. The molecule has 0 fully saturated rings. The molecule has 0 spiro atoms. The maximum atomic E-state index is 12.9. The molecule has 0 bridgehead atoms. The number of nitrogens with one attached hydrogen (secondary N) is 1. The van der Waals surface area contributed by atoms with E-state index >= 15 is 0 Å². The van der Waals surface area contributed by atoms with Crippen molar-refractivity contribution in [3.63, 3.8) is 0 Å². The van der Waals surface area contributed by atoms with E-state index in [1.807, 2.05) is 0 Å². The summed E-state index contributed by atoms with van der Waals surface area (Å²) >= 11 is 6.42. The van der Waals surface area contributed by atoms with Crippen LogP contribution in [0.5, 0.6) is 0 Å². The van der Waals surface area contributed by atoms with Gasteiger partial charge in [-0.3, -0.25) is 4.79 Å². The fourth-order valence-electron chi connectivity index (χ4n) is 3.37. The zero-order chi connectivity index (χ0) is 28.1. The number of carboxylic acid groups (broad SMARTS) is 2. The lowest BCUT2D eigenvalue weighted by atomic mass is 9.80. The second kappa shape index (κ2) is 15.6. The number of esters is 2. The number of methoxy groups -OCH3 is 1. The van der Waals surface area contributed by atoms with Crippen molar-refractivity contribution in [3.8, 4) is 0 Å². The molecule has 0 amide bonds. The van der Waals surface area contributed by atoms with Gasteiger partial charge in [-0.1, -0.05) is 29.8 Å². The van der Waals surface area contributed by atoms with E-state index in [1.54, 1.807) is 38.1 Å². The molecule has 204 valence electrons. The van der Waals surface area contributed by atoms with E-state index in [1.165, 1.54) is 7.11 Å². The summed E-state index contributed by atoms with van der Waals surface area (Å²) in [4.78, 5) is 44.9. The molecular weight excluding hydrogens is 512 g/mol. The van der Waals surface area contributed by atoms with E-state index in [2.05, 4.69) is 5.32 Å². The number of benzene rings is 1. The Morgan fingerprint density at radius 1 is 1.14 bits per heavy atom. The van der Waals surface area contributed by atoms with Gasteiger partial charge in [0.2, 0.25) is 0 Å². The molecule has 0 saturated heterocycles. The molecule has 12 nitrogen and oxygen atoms in total. The van der Waals surface area contributed by atoms with Gasteiger partial charge in [0.25, 0.3) is 0 Å². The van der Waals surface area contributed by atoms with Gasteiger partial charge in [-0.15, -0.1) is 0 Å². The Labute approximate surface area is 218 Å². The number of allylic oxidation sites excluding steroid dienone is 1. The van der Waals surface area contributed by atoms with Gasteiger partial charge < -0.3 is 40.6 Å². The first kappa shape index (κ1) is 31.6. The van der Waals surface area contributed by atoms with Crippen molar-refractivity contribution >= 4 is 35.5 Å². The van der Waals surface area contributed by atoms with E-state index in [0.717, 1.165) is 0 Å². The lowest BCUT2D eigenvalue weighted by Gasteiger charge is -2.31. The van der Waals surface area contributed by atoms with Crippen molar-refractivity contribution in [2.24, 2.45) is 5.73 Å². The van der Waals surface area contributed by atoms with Crippen LogP contribution in [-0.4, -0.2) is 78.8 Å². The van der Waals surface area contributed by atoms with Crippen molar-refractivity contribution in [1.82, 2.24) is 5.32 Å². The lowest BCUT2D eigenvalue weighted by molar-refractivity contribution is -0.152. The van der Waals surface area contributed by atoms with Gasteiger partial charge in [0.05, 0.1) is 56.1 Å². The molecule has 2 atom stereocenters. The van der Waals surface area contributed by atoms with E-state index in [9.17, 15) is 19.2 Å². The Kier molecular flexibility index (Phi) is 13.3. The van der Waals surface area contributed by atoms with Crippen LogP contribution in [-0.2, 0) is 33.4 Å². The zero-order valence-electron chi connectivity index (χ0n) is 20.7. The van der Waals surface area contributed by atoms with Crippen LogP contribution in [0.25, 0.3) is 0 Å². The minimum absolute atomic E-state index is 0.109. The molecule has 6 N–H and O–H groups in total. The highest BCUT2D eigenvalue weighted by Gasteiger charge is 2.39. The number of aliphatic hydroxyl groups is 1. The Balaban J connectivity index is 0.000000649. The largest absolute Gasteiger partial charge is 0.481 e. The smallest absolute Gasteiger partial charge is 0.336 e. The predicted molar refractivity (Wildman–Crippen MR) is 131 cm³/mol. The van der Waals surface area contributed by atoms with Gasteiger partial charge in [0.15, 0.2) is 6.10 Å². The molecule has 0 radical (unpaired) electrons. The number of dihydropyridines is 1. The van der Waals surface area contributed by atoms with E-state index in [4.69, 9.17) is 46.9 Å². The predicted octanol–water partition coefficient (Wildman–Crippen LogP) is 1.17. The average molecular weight is 543 g/mol. The van der Waals surface area contributed by atoms with Crippen LogP contribution in [0.4, 0.5) is 0 Å². The normalized spacial score (nSPS) is 15.7. The maximum absolute atomic E-state index is 12.9. The Morgan fingerprint density at radius 3 is 2.27 bits per heavy atom. The Hall–Kier alpha value is -3.45. The first-order chi connectivity index (χ1) is 17.5. The minimum atomic E-state index is -1.79. The zero-order valence-corrected chi connectivity index (χ0v) is 21.4. The van der Waals surface area contributed by atoms with Gasteiger partial charge in [-0.05, 0) is 25.5 Å². The van der Waals surface area contributed by atoms with Crippen molar-refractivity contribution in [2.45, 2.75) is 32.3 Å². The number of halogens is 1. The number of ether oxygens (including phenoxy) is 3. The van der Waals surface area contributed by atoms with Crippen LogP contribution in [0.2, 0.25) is 5.02 Å². The number of hydrogen-bond donors (Lipinski definition) is 5. The number of aliphatic carboxylic acids is 2. The molecule has 1 aromatic carbocycles. The molecule has 0 unspecified atom stereocenters. The Bertz CT molecular complexity index is 1050. The van der Waals surface area contributed by atoms with E-state index < -0.39 is 42.3 Å². The number of carbonyl (C=O) groups excluding carboxylic acids is 2. The summed E-state index contributed by atoms with van der Waals surface area (Å²) in [6.45, 7) is 4.42. The van der Waals surface area contributed by atoms with Crippen molar-refractivity contribution in [3.05, 3.63) is 57.4 Å². The minimum Gasteiger partial charge on any atom is -0.481 e. The molecule has 13 heteroatoms. The van der Waals surface area contributed by atoms with Crippen LogP contribution >= 0.6 is 11.6 Å². The summed E-state index contributed by atoms with van der Waals surface area (Å²) in [5.74, 6) is -4.71. The monoisotopic (exact) mass is 542 g/mol. The molecule has 0 aliphatic carbocycles. The van der Waals surface area contributed by atoms with Crippen LogP contribution in [0.15, 0.2) is 46.8 Å². The fraction of sp³-hybridized carbons (Fsp3) is 0.417. The van der Waals surface area contributed by atoms with Crippen molar-refractivity contribution in [1.29, 1.82) is 0 Å². The number of carboxylic acids is 2. The third-order valence-corrected chi connectivity index (χ3v) is 5.27. The molecule has 2 rings (SSSR count). The molecule has 1 aliphatic heterocycles. The van der Waals surface area contributed by atoms with Crippen LogP contribution < -0.4 is 11.1 Å². The first-order valence-electron chi connectivity index (χ1n) is 11.1. The average Bonchev–Trinajstić information content (AvgIpc) is 2.83. The highest BCUT2D eigenvalue weighted by atomic mass is 35.5. The number of nitrogens with two attached hydrogens (primary N) is 1. The summed E-state index contributed by atoms with van der Waals surface area (Å²) < 4.78 is 15.8. The SMILES string of the molecule is CCOC(=O)C1=C(COCCN)NC(C)=C(C(=O)OC)[C@@H]1c1ccccc1Cl.O=C(O)C[C@H](O)C(=O)O. The molecule has 0 saturated carbocycles. The quantitative estimate of drug-likeness (QED) is 0.198. The summed E-state index contributed by atoms with van der Waals surface area (Å²) in [7, 11) is 1.29. The van der Waals surface area contributed by atoms with Gasteiger partial charge in [-0.2, -0.15) is 0 Å². The summed E-state index contributed by atoms with van der Waals surface area (Å²) in [6, 6.07) is 7.05. The second-order valence-corrected chi connectivity index (χ2v) is 7.92. The van der Waals surface area contributed by atoms with Crippen molar-refractivity contribution < 1.29 is 48.7 Å². The third-order valence-electron chi connectivity index (χ3n) is 4.92. The molecular formula is C24H31ClN2O10. The van der Waals surface area contributed by atoms with Gasteiger partial charge in [-0.25, -0.2) is 14.4 Å². The first-order valence-corrected chi connectivity index (χ1v) is 11.5. The second-order valence-electron chi connectivity index (χ2n) is 7.52. The number of rotatable bonds is 11.